The van der Waals surface area contributed by atoms with E-state index in [1.807, 2.05) is 6.92 Å². The zero-order valence-corrected chi connectivity index (χ0v) is 17.4. The van der Waals surface area contributed by atoms with Crippen molar-refractivity contribution < 1.29 is 14.1 Å². The molecule has 9 heteroatoms. The van der Waals surface area contributed by atoms with Crippen molar-refractivity contribution in [3.63, 3.8) is 0 Å². The van der Waals surface area contributed by atoms with Gasteiger partial charge in [0, 0.05) is 23.4 Å². The predicted octanol–water partition coefficient (Wildman–Crippen LogP) is 4.81. The van der Waals surface area contributed by atoms with Gasteiger partial charge >= 0.3 is 0 Å². The number of rotatable bonds is 3. The molecule has 5 rings (SSSR count). The third kappa shape index (κ3) is 3.04. The second-order valence-corrected chi connectivity index (χ2v) is 7.87. The molecule has 0 fully saturated rings. The minimum absolute atomic E-state index is 0.0866. The predicted molar refractivity (Wildman–Crippen MR) is 118 cm³/mol. The molecule has 1 aliphatic heterocycles. The van der Waals surface area contributed by atoms with Gasteiger partial charge in [-0.05, 0) is 60.5 Å². The van der Waals surface area contributed by atoms with Crippen LogP contribution in [0.5, 0.6) is 0 Å². The van der Waals surface area contributed by atoms with Crippen LogP contribution in [0.3, 0.4) is 0 Å². The van der Waals surface area contributed by atoms with Gasteiger partial charge in [0.15, 0.2) is 5.43 Å². The number of benzene rings is 2. The van der Waals surface area contributed by atoms with Crippen molar-refractivity contribution in [3.05, 3.63) is 109 Å². The Morgan fingerprint density at radius 2 is 1.84 bits per heavy atom. The first-order valence-corrected chi connectivity index (χ1v) is 10.00. The molecule has 1 atom stereocenters. The standard InChI is InChI=1S/C23H14ClN3O5/c1-12-8-9-25-18(10-12)26-20(13-2-5-15(6-3-13)27(30)31)19-21(28)16-11-14(24)4-7-17(16)32-22(19)23(26)29/h2-11,20H,1H3/t20-/m1/s1. The van der Waals surface area contributed by atoms with Crippen LogP contribution in [0.2, 0.25) is 5.02 Å². The quantitative estimate of drug-likeness (QED) is 0.329. The first-order valence-electron chi connectivity index (χ1n) is 9.62. The molecular weight excluding hydrogens is 434 g/mol. The van der Waals surface area contributed by atoms with Crippen LogP contribution in [-0.4, -0.2) is 15.8 Å². The monoisotopic (exact) mass is 447 g/mol. The van der Waals surface area contributed by atoms with E-state index in [-0.39, 0.29) is 28.0 Å². The summed E-state index contributed by atoms with van der Waals surface area (Å²) in [5.41, 5.74) is 1.28. The molecule has 3 heterocycles. The Balaban J connectivity index is 1.80. The maximum absolute atomic E-state index is 13.5. The van der Waals surface area contributed by atoms with Crippen LogP contribution >= 0.6 is 11.6 Å². The van der Waals surface area contributed by atoms with Gasteiger partial charge < -0.3 is 4.42 Å². The van der Waals surface area contributed by atoms with Crippen LogP contribution < -0.4 is 10.3 Å². The molecule has 1 amide bonds. The van der Waals surface area contributed by atoms with E-state index < -0.39 is 22.3 Å². The number of aryl methyl sites for hydroxylation is 1. The van der Waals surface area contributed by atoms with Gasteiger partial charge in [-0.3, -0.25) is 24.6 Å². The first-order chi connectivity index (χ1) is 15.3. The van der Waals surface area contributed by atoms with E-state index >= 15 is 0 Å². The SMILES string of the molecule is Cc1ccnc(N2C(=O)c3oc4ccc(Cl)cc4c(=O)c3[C@H]2c2ccc([N+](=O)[O-])cc2)c1. The van der Waals surface area contributed by atoms with Gasteiger partial charge in [0.05, 0.1) is 21.9 Å². The topological polar surface area (TPSA) is 107 Å². The Bertz CT molecular complexity index is 1480. The Labute approximate surface area is 185 Å². The molecular formula is C23H14ClN3O5. The fourth-order valence-electron chi connectivity index (χ4n) is 3.93. The lowest BCUT2D eigenvalue weighted by molar-refractivity contribution is -0.384. The normalized spacial score (nSPS) is 15.2. The van der Waals surface area contributed by atoms with E-state index in [1.165, 1.54) is 35.2 Å². The molecule has 4 aromatic rings. The Kier molecular flexibility index (Phi) is 4.53. The summed E-state index contributed by atoms with van der Waals surface area (Å²) in [6.45, 7) is 1.86. The lowest BCUT2D eigenvalue weighted by Crippen LogP contribution is -2.30. The van der Waals surface area contributed by atoms with Crippen molar-refractivity contribution >= 4 is 40.0 Å². The van der Waals surface area contributed by atoms with E-state index in [0.29, 0.717) is 16.4 Å². The summed E-state index contributed by atoms with van der Waals surface area (Å²) in [6, 6.07) is 13.0. The Morgan fingerprint density at radius 3 is 2.53 bits per heavy atom. The summed E-state index contributed by atoms with van der Waals surface area (Å²) in [6.07, 6.45) is 1.57. The van der Waals surface area contributed by atoms with Crippen LogP contribution in [0.4, 0.5) is 11.5 Å². The largest absolute Gasteiger partial charge is 0.450 e. The van der Waals surface area contributed by atoms with Crippen molar-refractivity contribution in [2.45, 2.75) is 13.0 Å². The number of nitrogens with zero attached hydrogens (tertiary/aromatic N) is 3. The van der Waals surface area contributed by atoms with Crippen LogP contribution in [0.25, 0.3) is 11.0 Å². The number of fused-ring (bicyclic) bond motifs is 2. The molecule has 0 saturated carbocycles. The average Bonchev–Trinajstić information content (AvgIpc) is 3.07. The van der Waals surface area contributed by atoms with Crippen LogP contribution in [-0.2, 0) is 0 Å². The van der Waals surface area contributed by atoms with Gasteiger partial charge in [-0.2, -0.15) is 0 Å². The summed E-state index contributed by atoms with van der Waals surface area (Å²) in [7, 11) is 0. The third-order valence-electron chi connectivity index (χ3n) is 5.40. The van der Waals surface area contributed by atoms with Gasteiger partial charge in [-0.15, -0.1) is 0 Å². The number of pyridine rings is 1. The number of carbonyl (C=O) groups excluding carboxylic acids is 1. The van der Waals surface area contributed by atoms with Crippen molar-refractivity contribution in [2.24, 2.45) is 0 Å². The fourth-order valence-corrected chi connectivity index (χ4v) is 4.10. The van der Waals surface area contributed by atoms with Gasteiger partial charge in [0.25, 0.3) is 11.6 Å². The maximum atomic E-state index is 13.5. The van der Waals surface area contributed by atoms with Gasteiger partial charge in [0.2, 0.25) is 5.76 Å². The number of non-ortho nitro benzene ring substituents is 1. The third-order valence-corrected chi connectivity index (χ3v) is 5.63. The molecule has 0 spiro atoms. The zero-order valence-electron chi connectivity index (χ0n) is 16.6. The average molecular weight is 448 g/mol. The number of carbonyl (C=O) groups is 1. The van der Waals surface area contributed by atoms with E-state index in [9.17, 15) is 19.7 Å². The molecule has 0 aliphatic carbocycles. The smallest absolute Gasteiger partial charge is 0.296 e. The molecule has 32 heavy (non-hydrogen) atoms. The lowest BCUT2D eigenvalue weighted by Gasteiger charge is -2.24. The minimum atomic E-state index is -0.868. The number of aromatic nitrogens is 1. The lowest BCUT2D eigenvalue weighted by atomic mass is 9.98. The molecule has 2 aromatic carbocycles. The molecule has 8 nitrogen and oxygen atoms in total. The fraction of sp³-hybridized carbons (Fsp3) is 0.0870. The highest BCUT2D eigenvalue weighted by atomic mass is 35.5. The summed E-state index contributed by atoms with van der Waals surface area (Å²) in [4.78, 5) is 43.2. The van der Waals surface area contributed by atoms with Crippen molar-refractivity contribution in [2.75, 3.05) is 4.90 Å². The molecule has 2 aromatic heterocycles. The van der Waals surface area contributed by atoms with E-state index in [1.54, 1.807) is 30.5 Å². The highest BCUT2D eigenvalue weighted by Crippen LogP contribution is 2.41. The molecule has 0 saturated heterocycles. The van der Waals surface area contributed by atoms with Crippen LogP contribution in [0.15, 0.2) is 70.0 Å². The summed E-state index contributed by atoms with van der Waals surface area (Å²) in [5, 5.41) is 11.7. The second kappa shape index (κ2) is 7.28. The summed E-state index contributed by atoms with van der Waals surface area (Å²) >= 11 is 6.08. The Hall–Kier alpha value is -4.04. The zero-order chi connectivity index (χ0) is 22.6. The highest BCUT2D eigenvalue weighted by molar-refractivity contribution is 6.31. The number of nitro benzene ring substituents is 1. The molecule has 0 bridgehead atoms. The van der Waals surface area contributed by atoms with Gasteiger partial charge in [-0.1, -0.05) is 11.6 Å². The molecule has 0 radical (unpaired) electrons. The molecule has 0 N–H and O–H groups in total. The van der Waals surface area contributed by atoms with E-state index in [2.05, 4.69) is 4.98 Å². The number of amides is 1. The number of nitro groups is 1. The van der Waals surface area contributed by atoms with Gasteiger partial charge in [-0.25, -0.2) is 4.98 Å². The molecule has 1 aliphatic rings. The van der Waals surface area contributed by atoms with E-state index in [4.69, 9.17) is 16.0 Å². The maximum Gasteiger partial charge on any atom is 0.296 e. The van der Waals surface area contributed by atoms with Crippen molar-refractivity contribution in [1.29, 1.82) is 0 Å². The summed E-state index contributed by atoms with van der Waals surface area (Å²) in [5.74, 6) is -0.266. The van der Waals surface area contributed by atoms with Crippen LogP contribution in [0.1, 0.15) is 33.3 Å². The van der Waals surface area contributed by atoms with Crippen LogP contribution in [0, 0.1) is 17.0 Å². The molecule has 158 valence electrons. The van der Waals surface area contributed by atoms with E-state index in [0.717, 1.165) is 5.56 Å². The second-order valence-electron chi connectivity index (χ2n) is 7.43. The number of hydrogen-bond acceptors (Lipinski definition) is 6. The Morgan fingerprint density at radius 1 is 1.09 bits per heavy atom. The first kappa shape index (κ1) is 19.9. The van der Waals surface area contributed by atoms with Crippen molar-refractivity contribution in [3.8, 4) is 0 Å². The number of hydrogen-bond donors (Lipinski definition) is 0. The van der Waals surface area contributed by atoms with Gasteiger partial charge in [0.1, 0.15) is 11.4 Å². The summed E-state index contributed by atoms with van der Waals surface area (Å²) < 4.78 is 5.86. The minimum Gasteiger partial charge on any atom is -0.450 e. The molecule has 0 unspecified atom stereocenters. The highest BCUT2D eigenvalue weighted by Gasteiger charge is 2.44. The number of anilines is 1. The van der Waals surface area contributed by atoms with Crippen molar-refractivity contribution in [1.82, 2.24) is 4.98 Å². The number of halogens is 1.